The SMILES string of the molecule is CCCn1c(CNC2(C)CCOCC2)nc2ccccc21. The third-order valence-corrected chi connectivity index (χ3v) is 4.45. The summed E-state index contributed by atoms with van der Waals surface area (Å²) in [5.74, 6) is 1.14. The molecule has 0 unspecified atom stereocenters. The second kappa shape index (κ2) is 6.16. The van der Waals surface area contributed by atoms with Gasteiger partial charge in [-0.2, -0.15) is 0 Å². The molecule has 2 heterocycles. The van der Waals surface area contributed by atoms with Crippen molar-refractivity contribution in [2.24, 2.45) is 0 Å². The Labute approximate surface area is 126 Å². The summed E-state index contributed by atoms with van der Waals surface area (Å²) in [6.07, 6.45) is 3.26. The summed E-state index contributed by atoms with van der Waals surface area (Å²) in [5, 5.41) is 3.71. The second-order valence-electron chi connectivity index (χ2n) is 6.19. The van der Waals surface area contributed by atoms with Gasteiger partial charge in [-0.25, -0.2) is 4.98 Å². The normalized spacial score (nSPS) is 18.2. The second-order valence-corrected chi connectivity index (χ2v) is 6.19. The van der Waals surface area contributed by atoms with E-state index in [2.05, 4.69) is 48.0 Å². The third kappa shape index (κ3) is 3.11. The highest BCUT2D eigenvalue weighted by molar-refractivity contribution is 5.75. The number of para-hydroxylation sites is 2. The smallest absolute Gasteiger partial charge is 0.123 e. The third-order valence-electron chi connectivity index (χ3n) is 4.45. The molecular weight excluding hydrogens is 262 g/mol. The number of nitrogens with one attached hydrogen (secondary N) is 1. The highest BCUT2D eigenvalue weighted by Crippen LogP contribution is 2.22. The van der Waals surface area contributed by atoms with Gasteiger partial charge in [0.2, 0.25) is 0 Å². The summed E-state index contributed by atoms with van der Waals surface area (Å²) < 4.78 is 7.82. The summed E-state index contributed by atoms with van der Waals surface area (Å²) in [4.78, 5) is 4.82. The van der Waals surface area contributed by atoms with Crippen molar-refractivity contribution in [1.82, 2.24) is 14.9 Å². The van der Waals surface area contributed by atoms with Crippen LogP contribution in [0, 0.1) is 0 Å². The standard InChI is InChI=1S/C17H25N3O/c1-3-10-20-15-7-5-4-6-14(15)19-16(20)13-18-17(2)8-11-21-12-9-17/h4-7,18H,3,8-13H2,1-2H3. The Morgan fingerprint density at radius 1 is 1.29 bits per heavy atom. The number of benzene rings is 1. The van der Waals surface area contributed by atoms with Crippen molar-refractivity contribution >= 4 is 11.0 Å². The largest absolute Gasteiger partial charge is 0.381 e. The predicted molar refractivity (Wildman–Crippen MR) is 85.3 cm³/mol. The number of nitrogens with zero attached hydrogens (tertiary/aromatic N) is 2. The lowest BCUT2D eigenvalue weighted by Gasteiger charge is -2.34. The van der Waals surface area contributed by atoms with Crippen molar-refractivity contribution in [3.8, 4) is 0 Å². The van der Waals surface area contributed by atoms with Crippen LogP contribution in [-0.2, 0) is 17.8 Å². The highest BCUT2D eigenvalue weighted by atomic mass is 16.5. The molecule has 2 aromatic rings. The minimum absolute atomic E-state index is 0.174. The first-order valence-electron chi connectivity index (χ1n) is 7.99. The van der Waals surface area contributed by atoms with Gasteiger partial charge < -0.3 is 14.6 Å². The molecule has 1 aliphatic rings. The Kier molecular flexibility index (Phi) is 4.27. The van der Waals surface area contributed by atoms with Crippen LogP contribution in [0.1, 0.15) is 38.9 Å². The van der Waals surface area contributed by atoms with Crippen molar-refractivity contribution < 1.29 is 4.74 Å². The summed E-state index contributed by atoms with van der Waals surface area (Å²) in [6, 6.07) is 8.41. The van der Waals surface area contributed by atoms with E-state index in [1.54, 1.807) is 0 Å². The number of hydrogen-bond donors (Lipinski definition) is 1. The van der Waals surface area contributed by atoms with E-state index in [1.165, 1.54) is 5.52 Å². The summed E-state index contributed by atoms with van der Waals surface area (Å²) in [6.45, 7) is 8.07. The van der Waals surface area contributed by atoms with Crippen LogP contribution >= 0.6 is 0 Å². The van der Waals surface area contributed by atoms with E-state index < -0.39 is 0 Å². The first-order valence-corrected chi connectivity index (χ1v) is 7.99. The molecule has 0 atom stereocenters. The van der Waals surface area contributed by atoms with Gasteiger partial charge in [0.05, 0.1) is 17.6 Å². The molecule has 0 spiro atoms. The number of rotatable bonds is 5. The van der Waals surface area contributed by atoms with Gasteiger partial charge in [0.25, 0.3) is 0 Å². The van der Waals surface area contributed by atoms with E-state index in [-0.39, 0.29) is 5.54 Å². The van der Waals surface area contributed by atoms with E-state index >= 15 is 0 Å². The average molecular weight is 287 g/mol. The average Bonchev–Trinajstić information content (AvgIpc) is 2.85. The quantitative estimate of drug-likeness (QED) is 0.918. The van der Waals surface area contributed by atoms with Crippen LogP contribution in [-0.4, -0.2) is 28.3 Å². The number of fused-ring (bicyclic) bond motifs is 1. The first-order chi connectivity index (χ1) is 10.2. The van der Waals surface area contributed by atoms with Crippen LogP contribution in [0.4, 0.5) is 0 Å². The van der Waals surface area contributed by atoms with Crippen LogP contribution < -0.4 is 5.32 Å². The molecule has 114 valence electrons. The Balaban J connectivity index is 1.81. The van der Waals surface area contributed by atoms with Gasteiger partial charge in [0, 0.05) is 25.3 Å². The Morgan fingerprint density at radius 2 is 2.05 bits per heavy atom. The van der Waals surface area contributed by atoms with Gasteiger partial charge in [-0.1, -0.05) is 19.1 Å². The maximum Gasteiger partial charge on any atom is 0.123 e. The van der Waals surface area contributed by atoms with Crippen LogP contribution in [0.3, 0.4) is 0 Å². The number of hydrogen-bond acceptors (Lipinski definition) is 3. The summed E-state index contributed by atoms with van der Waals surface area (Å²) in [7, 11) is 0. The fraction of sp³-hybridized carbons (Fsp3) is 0.588. The van der Waals surface area contributed by atoms with E-state index in [9.17, 15) is 0 Å². The number of imidazole rings is 1. The number of ether oxygens (including phenoxy) is 1. The monoisotopic (exact) mass is 287 g/mol. The van der Waals surface area contributed by atoms with Crippen molar-refractivity contribution in [2.75, 3.05) is 13.2 Å². The first kappa shape index (κ1) is 14.5. The molecule has 1 saturated heterocycles. The molecule has 1 fully saturated rings. The van der Waals surface area contributed by atoms with Crippen molar-refractivity contribution in [2.45, 2.75) is 51.7 Å². The maximum atomic E-state index is 5.47. The zero-order valence-corrected chi connectivity index (χ0v) is 13.1. The molecule has 0 saturated carbocycles. The van der Waals surface area contributed by atoms with Gasteiger partial charge in [-0.3, -0.25) is 0 Å². The van der Waals surface area contributed by atoms with Gasteiger partial charge in [0.15, 0.2) is 0 Å². The van der Waals surface area contributed by atoms with Crippen LogP contribution in [0.25, 0.3) is 11.0 Å². The lowest BCUT2D eigenvalue weighted by Crippen LogP contribution is -2.46. The van der Waals surface area contributed by atoms with Crippen molar-refractivity contribution in [3.63, 3.8) is 0 Å². The molecule has 0 amide bonds. The maximum absolute atomic E-state index is 5.47. The molecule has 1 aliphatic heterocycles. The van der Waals surface area contributed by atoms with E-state index in [0.29, 0.717) is 0 Å². The van der Waals surface area contributed by atoms with Gasteiger partial charge >= 0.3 is 0 Å². The van der Waals surface area contributed by atoms with Gasteiger partial charge in [-0.05, 0) is 38.3 Å². The van der Waals surface area contributed by atoms with Crippen LogP contribution in [0.5, 0.6) is 0 Å². The van der Waals surface area contributed by atoms with Crippen molar-refractivity contribution in [1.29, 1.82) is 0 Å². The lowest BCUT2D eigenvalue weighted by atomic mass is 9.92. The number of aryl methyl sites for hydroxylation is 1. The lowest BCUT2D eigenvalue weighted by molar-refractivity contribution is 0.0442. The zero-order chi connectivity index (χ0) is 14.7. The molecule has 1 aromatic heterocycles. The summed E-state index contributed by atoms with van der Waals surface area (Å²) >= 11 is 0. The minimum atomic E-state index is 0.174. The van der Waals surface area contributed by atoms with Crippen molar-refractivity contribution in [3.05, 3.63) is 30.1 Å². The molecule has 0 aliphatic carbocycles. The Morgan fingerprint density at radius 3 is 2.81 bits per heavy atom. The zero-order valence-electron chi connectivity index (χ0n) is 13.1. The van der Waals surface area contributed by atoms with E-state index in [4.69, 9.17) is 9.72 Å². The fourth-order valence-corrected chi connectivity index (χ4v) is 3.02. The molecule has 1 N–H and O–H groups in total. The van der Waals surface area contributed by atoms with Gasteiger partial charge in [0.1, 0.15) is 5.82 Å². The van der Waals surface area contributed by atoms with Crippen LogP contribution in [0.15, 0.2) is 24.3 Å². The van der Waals surface area contributed by atoms with Gasteiger partial charge in [-0.15, -0.1) is 0 Å². The van der Waals surface area contributed by atoms with Crippen LogP contribution in [0.2, 0.25) is 0 Å². The molecule has 0 bridgehead atoms. The molecule has 4 heteroatoms. The molecule has 1 aromatic carbocycles. The van der Waals surface area contributed by atoms with E-state index in [1.807, 2.05) is 0 Å². The fourth-order valence-electron chi connectivity index (χ4n) is 3.02. The highest BCUT2D eigenvalue weighted by Gasteiger charge is 2.27. The Hall–Kier alpha value is -1.39. The molecular formula is C17H25N3O. The molecule has 0 radical (unpaired) electrons. The minimum Gasteiger partial charge on any atom is -0.381 e. The predicted octanol–water partition coefficient (Wildman–Crippen LogP) is 3.11. The number of aromatic nitrogens is 2. The molecule has 4 nitrogen and oxygen atoms in total. The van der Waals surface area contributed by atoms with E-state index in [0.717, 1.165) is 56.9 Å². The summed E-state index contributed by atoms with van der Waals surface area (Å²) in [5.41, 5.74) is 2.51. The molecule has 3 rings (SSSR count). The molecule has 21 heavy (non-hydrogen) atoms. The Bertz CT molecular complexity index is 599. The topological polar surface area (TPSA) is 39.1 Å².